The van der Waals surface area contributed by atoms with Crippen LogP contribution in [0.3, 0.4) is 0 Å². The highest BCUT2D eigenvalue weighted by molar-refractivity contribution is 7.89. The molecule has 1 rings (SSSR count). The van der Waals surface area contributed by atoms with Gasteiger partial charge in [-0.15, -0.1) is 0 Å². The monoisotopic (exact) mass is 275 g/mol. The molecule has 0 aliphatic carbocycles. The number of ether oxygens (including phenoxy) is 1. The van der Waals surface area contributed by atoms with E-state index in [0.717, 1.165) is 4.31 Å². The molecule has 1 heterocycles. The number of nitrogens with zero attached hydrogens (tertiary/aromatic N) is 3. The minimum atomic E-state index is -3.75. The van der Waals surface area contributed by atoms with Gasteiger partial charge in [0.05, 0.1) is 13.4 Å². The van der Waals surface area contributed by atoms with Crippen LogP contribution in [0.25, 0.3) is 0 Å². The standard InChI is InChI=1S/C10H17N3O4S/c1-4-5-13(7-10(14)17-3)18(15,16)9-6-12(2)8-11-9/h6,8H,4-5,7H2,1-3H3. The third kappa shape index (κ3) is 3.30. The molecule has 0 saturated carbocycles. The van der Waals surface area contributed by atoms with Gasteiger partial charge in [-0.3, -0.25) is 4.79 Å². The Morgan fingerprint density at radius 3 is 2.67 bits per heavy atom. The molecule has 7 nitrogen and oxygen atoms in total. The molecule has 1 aromatic rings. The first kappa shape index (κ1) is 14.7. The zero-order chi connectivity index (χ0) is 13.8. The van der Waals surface area contributed by atoms with Crippen molar-refractivity contribution in [3.05, 3.63) is 12.5 Å². The molecule has 0 bridgehead atoms. The van der Waals surface area contributed by atoms with Crippen LogP contribution in [-0.4, -0.2) is 48.4 Å². The number of methoxy groups -OCH3 is 1. The first-order chi connectivity index (χ1) is 8.41. The fraction of sp³-hybridized carbons (Fsp3) is 0.600. The Morgan fingerprint density at radius 1 is 1.56 bits per heavy atom. The van der Waals surface area contributed by atoms with Gasteiger partial charge in [-0.1, -0.05) is 6.92 Å². The van der Waals surface area contributed by atoms with Crippen LogP contribution in [-0.2, 0) is 26.6 Å². The van der Waals surface area contributed by atoms with E-state index in [0.29, 0.717) is 6.42 Å². The molecule has 0 aromatic carbocycles. The Balaban J connectivity index is 3.00. The number of carbonyl (C=O) groups excluding carboxylic acids is 1. The molecule has 0 saturated heterocycles. The van der Waals surface area contributed by atoms with Gasteiger partial charge in [-0.25, -0.2) is 13.4 Å². The predicted octanol–water partition coefficient (Wildman–Crippen LogP) is -0.00620. The van der Waals surface area contributed by atoms with E-state index < -0.39 is 16.0 Å². The molecular weight excluding hydrogens is 258 g/mol. The van der Waals surface area contributed by atoms with Gasteiger partial charge >= 0.3 is 5.97 Å². The van der Waals surface area contributed by atoms with E-state index in [-0.39, 0.29) is 18.1 Å². The van der Waals surface area contributed by atoms with E-state index in [1.165, 1.54) is 24.2 Å². The van der Waals surface area contributed by atoms with Crippen LogP contribution in [0.15, 0.2) is 17.6 Å². The summed E-state index contributed by atoms with van der Waals surface area (Å²) in [5.74, 6) is -0.594. The number of aryl methyl sites for hydroxylation is 1. The van der Waals surface area contributed by atoms with Crippen molar-refractivity contribution < 1.29 is 17.9 Å². The van der Waals surface area contributed by atoms with E-state index in [2.05, 4.69) is 9.72 Å². The zero-order valence-corrected chi connectivity index (χ0v) is 11.5. The zero-order valence-electron chi connectivity index (χ0n) is 10.7. The lowest BCUT2D eigenvalue weighted by molar-refractivity contribution is -0.140. The van der Waals surface area contributed by atoms with E-state index in [1.807, 2.05) is 6.92 Å². The molecule has 0 fully saturated rings. The Kier molecular flexibility index (Phi) is 4.85. The number of sulfonamides is 1. The Hall–Kier alpha value is -1.41. The lowest BCUT2D eigenvalue weighted by Gasteiger charge is -2.18. The molecule has 0 radical (unpaired) electrons. The van der Waals surface area contributed by atoms with Gasteiger partial charge in [-0.05, 0) is 6.42 Å². The normalized spacial score (nSPS) is 11.8. The highest BCUT2D eigenvalue weighted by atomic mass is 32.2. The fourth-order valence-electron chi connectivity index (χ4n) is 1.40. The number of hydrogen-bond donors (Lipinski definition) is 0. The molecular formula is C10H17N3O4S. The maximum Gasteiger partial charge on any atom is 0.321 e. The summed E-state index contributed by atoms with van der Waals surface area (Å²) in [6.07, 6.45) is 3.40. The van der Waals surface area contributed by atoms with Crippen LogP contribution in [0.4, 0.5) is 0 Å². The lowest BCUT2D eigenvalue weighted by Crippen LogP contribution is -2.37. The summed E-state index contributed by atoms with van der Waals surface area (Å²) in [6.45, 7) is 1.77. The molecule has 102 valence electrons. The minimum Gasteiger partial charge on any atom is -0.468 e. The average Bonchev–Trinajstić information content (AvgIpc) is 2.75. The number of rotatable bonds is 6. The van der Waals surface area contributed by atoms with E-state index in [1.54, 1.807) is 7.05 Å². The lowest BCUT2D eigenvalue weighted by atomic mass is 10.5. The van der Waals surface area contributed by atoms with E-state index in [9.17, 15) is 13.2 Å². The minimum absolute atomic E-state index is 0.0673. The maximum atomic E-state index is 12.2. The first-order valence-electron chi connectivity index (χ1n) is 5.46. The summed E-state index contributed by atoms with van der Waals surface area (Å²) in [5.41, 5.74) is 0. The van der Waals surface area contributed by atoms with Gasteiger partial charge in [0.2, 0.25) is 0 Å². The van der Waals surface area contributed by atoms with Crippen molar-refractivity contribution in [2.45, 2.75) is 18.4 Å². The molecule has 0 aliphatic heterocycles. The number of esters is 1. The Bertz CT molecular complexity index is 509. The van der Waals surface area contributed by atoms with Gasteiger partial charge in [0.25, 0.3) is 10.0 Å². The van der Waals surface area contributed by atoms with Crippen LogP contribution < -0.4 is 0 Å². The molecule has 18 heavy (non-hydrogen) atoms. The highest BCUT2D eigenvalue weighted by Crippen LogP contribution is 2.13. The van der Waals surface area contributed by atoms with Crippen molar-refractivity contribution in [3.63, 3.8) is 0 Å². The van der Waals surface area contributed by atoms with Crippen LogP contribution in [0.2, 0.25) is 0 Å². The summed E-state index contributed by atoms with van der Waals surface area (Å²) < 4.78 is 31.6. The predicted molar refractivity (Wildman–Crippen MR) is 64.3 cm³/mol. The quantitative estimate of drug-likeness (QED) is 0.682. The van der Waals surface area contributed by atoms with Crippen molar-refractivity contribution in [1.82, 2.24) is 13.9 Å². The SMILES string of the molecule is CCCN(CC(=O)OC)S(=O)(=O)c1cn(C)cn1. The van der Waals surface area contributed by atoms with Gasteiger partial charge in [0.15, 0.2) is 5.03 Å². The molecule has 0 aliphatic rings. The van der Waals surface area contributed by atoms with Crippen molar-refractivity contribution in [3.8, 4) is 0 Å². The second kappa shape index (κ2) is 5.96. The molecule has 8 heteroatoms. The molecule has 0 unspecified atom stereocenters. The molecule has 0 atom stereocenters. The highest BCUT2D eigenvalue weighted by Gasteiger charge is 2.28. The van der Waals surface area contributed by atoms with Crippen molar-refractivity contribution in [2.24, 2.45) is 7.05 Å². The summed E-state index contributed by atoms with van der Waals surface area (Å²) in [5, 5.41) is -0.0673. The topological polar surface area (TPSA) is 81.5 Å². The van der Waals surface area contributed by atoms with Crippen LogP contribution in [0.5, 0.6) is 0 Å². The van der Waals surface area contributed by atoms with Crippen molar-refractivity contribution >= 4 is 16.0 Å². The molecule has 1 aromatic heterocycles. The number of aromatic nitrogens is 2. The second-order valence-electron chi connectivity index (χ2n) is 3.79. The smallest absolute Gasteiger partial charge is 0.321 e. The van der Waals surface area contributed by atoms with Gasteiger partial charge in [0.1, 0.15) is 6.54 Å². The average molecular weight is 275 g/mol. The Labute approximate surface area is 106 Å². The van der Waals surface area contributed by atoms with Crippen molar-refractivity contribution in [1.29, 1.82) is 0 Å². The summed E-state index contributed by atoms with van der Waals surface area (Å²) >= 11 is 0. The number of hydrogen-bond acceptors (Lipinski definition) is 5. The second-order valence-corrected chi connectivity index (χ2v) is 5.68. The van der Waals surface area contributed by atoms with Gasteiger partial charge in [-0.2, -0.15) is 4.31 Å². The molecule has 0 N–H and O–H groups in total. The third-order valence-corrected chi connectivity index (χ3v) is 4.02. The van der Waals surface area contributed by atoms with Crippen LogP contribution >= 0.6 is 0 Å². The van der Waals surface area contributed by atoms with Crippen molar-refractivity contribution in [2.75, 3.05) is 20.2 Å². The summed E-state index contributed by atoms with van der Waals surface area (Å²) in [4.78, 5) is 15.0. The van der Waals surface area contributed by atoms with E-state index >= 15 is 0 Å². The van der Waals surface area contributed by atoms with E-state index in [4.69, 9.17) is 0 Å². The number of carbonyl (C=O) groups is 1. The largest absolute Gasteiger partial charge is 0.468 e. The van der Waals surface area contributed by atoms with Crippen LogP contribution in [0, 0.1) is 0 Å². The molecule has 0 spiro atoms. The Morgan fingerprint density at radius 2 is 2.22 bits per heavy atom. The van der Waals surface area contributed by atoms with Gasteiger partial charge in [0, 0.05) is 19.8 Å². The third-order valence-electron chi connectivity index (χ3n) is 2.29. The summed E-state index contributed by atoms with van der Waals surface area (Å²) in [6, 6.07) is 0. The number of imidazole rings is 1. The molecule has 0 amide bonds. The van der Waals surface area contributed by atoms with Gasteiger partial charge < -0.3 is 9.30 Å². The first-order valence-corrected chi connectivity index (χ1v) is 6.90. The van der Waals surface area contributed by atoms with Crippen LogP contribution in [0.1, 0.15) is 13.3 Å². The fourth-order valence-corrected chi connectivity index (χ4v) is 2.84. The maximum absolute atomic E-state index is 12.2. The summed E-state index contributed by atoms with van der Waals surface area (Å²) in [7, 11) is -0.848.